The molecule has 2 aliphatic rings. The predicted octanol–water partition coefficient (Wildman–Crippen LogP) is 6.46. The van der Waals surface area contributed by atoms with E-state index in [-0.39, 0.29) is 0 Å². The van der Waals surface area contributed by atoms with Gasteiger partial charge in [-0.15, -0.1) is 11.3 Å². The molecule has 5 rings (SSSR count). The normalized spacial score (nSPS) is 18.0. The Morgan fingerprint density at radius 1 is 1.03 bits per heavy atom. The van der Waals surface area contributed by atoms with E-state index in [1.165, 1.54) is 58.7 Å². The Kier molecular flexibility index (Phi) is 5.67. The van der Waals surface area contributed by atoms with Gasteiger partial charge in [-0.05, 0) is 42.7 Å². The second-order valence-corrected chi connectivity index (χ2v) is 9.87. The summed E-state index contributed by atoms with van der Waals surface area (Å²) in [6, 6.07) is 12.6. The minimum atomic E-state index is 0.587. The largest absolute Gasteiger partial charge is 0.293 e. The standard InChI is InChI=1S/C24H26ClN3S/c25-20-8-6-17(7-9-20)23-11-10-21(29-23)16-28-13-12-22-19(15-28)14-26-24(27-22)18-4-2-1-3-5-18/h6-11,14,18H,1-5,12-13,15-16H2. The number of halogens is 1. The topological polar surface area (TPSA) is 29.0 Å². The Bertz CT molecular complexity index is 976. The number of nitrogens with zero attached hydrogens (tertiary/aromatic N) is 3. The Morgan fingerprint density at radius 3 is 2.69 bits per heavy atom. The predicted molar refractivity (Wildman–Crippen MR) is 120 cm³/mol. The Labute approximate surface area is 181 Å². The number of hydrogen-bond acceptors (Lipinski definition) is 4. The lowest BCUT2D eigenvalue weighted by Gasteiger charge is -2.28. The number of aromatic nitrogens is 2. The highest BCUT2D eigenvalue weighted by molar-refractivity contribution is 7.15. The second-order valence-electron chi connectivity index (χ2n) is 8.27. The fraction of sp³-hybridized carbons (Fsp3) is 0.417. The maximum Gasteiger partial charge on any atom is 0.131 e. The molecule has 3 nitrogen and oxygen atoms in total. The highest BCUT2D eigenvalue weighted by atomic mass is 35.5. The summed E-state index contributed by atoms with van der Waals surface area (Å²) in [6.07, 6.45) is 9.70. The number of thiophene rings is 1. The lowest BCUT2D eigenvalue weighted by molar-refractivity contribution is 0.244. The van der Waals surface area contributed by atoms with Crippen LogP contribution in [0.2, 0.25) is 5.02 Å². The highest BCUT2D eigenvalue weighted by Gasteiger charge is 2.23. The van der Waals surface area contributed by atoms with Gasteiger partial charge >= 0.3 is 0 Å². The molecule has 0 atom stereocenters. The molecule has 1 aliphatic heterocycles. The van der Waals surface area contributed by atoms with Crippen LogP contribution in [-0.2, 0) is 19.5 Å². The van der Waals surface area contributed by atoms with Crippen molar-refractivity contribution < 1.29 is 0 Å². The molecule has 2 aromatic heterocycles. The van der Waals surface area contributed by atoms with Gasteiger partial charge in [0.1, 0.15) is 5.82 Å². The Morgan fingerprint density at radius 2 is 1.86 bits per heavy atom. The first-order chi connectivity index (χ1) is 14.2. The van der Waals surface area contributed by atoms with E-state index in [1.54, 1.807) is 0 Å². The molecule has 0 N–H and O–H groups in total. The zero-order valence-electron chi connectivity index (χ0n) is 16.6. The number of hydrogen-bond donors (Lipinski definition) is 0. The van der Waals surface area contributed by atoms with E-state index in [1.807, 2.05) is 23.5 Å². The zero-order chi connectivity index (χ0) is 19.6. The number of fused-ring (bicyclic) bond motifs is 1. The molecule has 5 heteroatoms. The molecule has 1 fully saturated rings. The lowest BCUT2D eigenvalue weighted by atomic mass is 9.88. The lowest BCUT2D eigenvalue weighted by Crippen LogP contribution is -2.31. The van der Waals surface area contributed by atoms with Gasteiger partial charge in [0.05, 0.1) is 0 Å². The van der Waals surface area contributed by atoms with Gasteiger partial charge in [0.2, 0.25) is 0 Å². The molecule has 29 heavy (non-hydrogen) atoms. The Balaban J connectivity index is 1.25. The summed E-state index contributed by atoms with van der Waals surface area (Å²) in [4.78, 5) is 15.0. The molecule has 0 unspecified atom stereocenters. The van der Waals surface area contributed by atoms with Crippen LogP contribution in [0.4, 0.5) is 0 Å². The van der Waals surface area contributed by atoms with Crippen LogP contribution in [-0.4, -0.2) is 21.4 Å². The molecule has 1 aliphatic carbocycles. The summed E-state index contributed by atoms with van der Waals surface area (Å²) in [7, 11) is 0. The maximum atomic E-state index is 6.01. The first-order valence-electron chi connectivity index (χ1n) is 10.7. The molecular formula is C24H26ClN3S. The molecule has 1 saturated carbocycles. The van der Waals surface area contributed by atoms with Crippen LogP contribution in [0.15, 0.2) is 42.6 Å². The SMILES string of the molecule is Clc1ccc(-c2ccc(CN3CCc4nc(C5CCCCC5)ncc4C3)s2)cc1. The third kappa shape index (κ3) is 4.40. The molecule has 1 aromatic carbocycles. The monoisotopic (exact) mass is 423 g/mol. The van der Waals surface area contributed by atoms with Gasteiger partial charge in [0, 0.05) is 64.2 Å². The molecule has 0 saturated heterocycles. The van der Waals surface area contributed by atoms with Gasteiger partial charge < -0.3 is 0 Å². The van der Waals surface area contributed by atoms with Crippen LogP contribution in [0.1, 0.15) is 60.0 Å². The van der Waals surface area contributed by atoms with Crippen LogP contribution in [0, 0.1) is 0 Å². The van der Waals surface area contributed by atoms with Crippen LogP contribution >= 0.6 is 22.9 Å². The van der Waals surface area contributed by atoms with Crippen molar-refractivity contribution in [1.82, 2.24) is 14.9 Å². The third-order valence-electron chi connectivity index (χ3n) is 6.17. The van der Waals surface area contributed by atoms with Gasteiger partial charge in [-0.25, -0.2) is 9.97 Å². The summed E-state index contributed by atoms with van der Waals surface area (Å²) >= 11 is 7.89. The van der Waals surface area contributed by atoms with E-state index >= 15 is 0 Å². The third-order valence-corrected chi connectivity index (χ3v) is 7.54. The molecule has 0 amide bonds. The van der Waals surface area contributed by atoms with Crippen molar-refractivity contribution in [3.05, 3.63) is 69.6 Å². The first kappa shape index (κ1) is 19.2. The molecule has 0 radical (unpaired) electrons. The average Bonchev–Trinajstić information content (AvgIpc) is 3.23. The fourth-order valence-corrected chi connectivity index (χ4v) is 5.72. The van der Waals surface area contributed by atoms with Crippen LogP contribution in [0.25, 0.3) is 10.4 Å². The van der Waals surface area contributed by atoms with E-state index in [2.05, 4.69) is 35.4 Å². The minimum Gasteiger partial charge on any atom is -0.293 e. The smallest absolute Gasteiger partial charge is 0.131 e. The summed E-state index contributed by atoms with van der Waals surface area (Å²) in [5.74, 6) is 1.69. The second kappa shape index (κ2) is 8.55. The van der Waals surface area contributed by atoms with E-state index in [4.69, 9.17) is 21.6 Å². The van der Waals surface area contributed by atoms with Crippen molar-refractivity contribution in [2.24, 2.45) is 0 Å². The molecule has 0 spiro atoms. The fourth-order valence-electron chi connectivity index (χ4n) is 4.54. The van der Waals surface area contributed by atoms with Crippen molar-refractivity contribution in [2.75, 3.05) is 6.54 Å². The van der Waals surface area contributed by atoms with Gasteiger partial charge in [-0.3, -0.25) is 4.90 Å². The summed E-state index contributed by atoms with van der Waals surface area (Å²) in [5, 5.41) is 0.784. The molecule has 3 aromatic rings. The van der Waals surface area contributed by atoms with Gasteiger partial charge in [-0.2, -0.15) is 0 Å². The summed E-state index contributed by atoms with van der Waals surface area (Å²) in [5.41, 5.74) is 3.83. The van der Waals surface area contributed by atoms with Crippen molar-refractivity contribution >= 4 is 22.9 Å². The van der Waals surface area contributed by atoms with E-state index in [9.17, 15) is 0 Å². The van der Waals surface area contributed by atoms with Crippen molar-refractivity contribution in [3.8, 4) is 10.4 Å². The maximum absolute atomic E-state index is 6.01. The van der Waals surface area contributed by atoms with Crippen LogP contribution in [0.3, 0.4) is 0 Å². The van der Waals surface area contributed by atoms with Crippen molar-refractivity contribution in [1.29, 1.82) is 0 Å². The molecule has 3 heterocycles. The quantitative estimate of drug-likeness (QED) is 0.481. The van der Waals surface area contributed by atoms with Crippen LogP contribution in [0.5, 0.6) is 0 Å². The average molecular weight is 424 g/mol. The highest BCUT2D eigenvalue weighted by Crippen LogP contribution is 2.33. The van der Waals surface area contributed by atoms with E-state index < -0.39 is 0 Å². The first-order valence-corrected chi connectivity index (χ1v) is 11.9. The summed E-state index contributed by atoms with van der Waals surface area (Å²) < 4.78 is 0. The van der Waals surface area contributed by atoms with Crippen LogP contribution < -0.4 is 0 Å². The van der Waals surface area contributed by atoms with Gasteiger partial charge in [0.15, 0.2) is 0 Å². The molecule has 0 bridgehead atoms. The van der Waals surface area contributed by atoms with E-state index in [0.29, 0.717) is 5.92 Å². The minimum absolute atomic E-state index is 0.587. The number of rotatable bonds is 4. The molecular weight excluding hydrogens is 398 g/mol. The van der Waals surface area contributed by atoms with Gasteiger partial charge in [-0.1, -0.05) is 43.0 Å². The zero-order valence-corrected chi connectivity index (χ0v) is 18.2. The van der Waals surface area contributed by atoms with Crippen molar-refractivity contribution in [3.63, 3.8) is 0 Å². The van der Waals surface area contributed by atoms with Gasteiger partial charge in [0.25, 0.3) is 0 Å². The molecule has 150 valence electrons. The number of benzene rings is 1. The summed E-state index contributed by atoms with van der Waals surface area (Å²) in [6.45, 7) is 3.01. The Hall–Kier alpha value is -1.75. The van der Waals surface area contributed by atoms with E-state index in [0.717, 1.165) is 36.9 Å². The van der Waals surface area contributed by atoms with Crippen molar-refractivity contribution in [2.45, 2.75) is 57.5 Å².